The molecule has 20 nitrogen and oxygen atoms in total. The highest BCUT2D eigenvalue weighted by molar-refractivity contribution is 7.91. The molecular weight excluding hydrogens is 2130 g/mol. The minimum absolute atomic E-state index is 0.000588. The quantitative estimate of drug-likeness (QED) is 0.0331. The lowest BCUT2D eigenvalue weighted by atomic mass is 10.0. The Balaban J connectivity index is 0.000000167. The second-order valence-corrected chi connectivity index (χ2v) is 48.2. The lowest BCUT2D eigenvalue weighted by molar-refractivity contribution is 0.0736. The van der Waals surface area contributed by atoms with E-state index in [1.54, 1.807) is 179 Å². The van der Waals surface area contributed by atoms with Crippen molar-refractivity contribution < 1.29 is 93.6 Å². The summed E-state index contributed by atoms with van der Waals surface area (Å²) in [6.07, 6.45) is 12.3. The monoisotopic (exact) mass is 2230 g/mol. The maximum atomic E-state index is 15.6. The summed E-state index contributed by atoms with van der Waals surface area (Å²) in [4.78, 5) is 17.9. The van der Waals surface area contributed by atoms with Gasteiger partial charge in [0.2, 0.25) is 0 Å². The normalized spacial score (nSPS) is 12.2. The molecule has 0 aliphatic carbocycles. The van der Waals surface area contributed by atoms with Crippen LogP contribution in [0.25, 0.3) is 67.3 Å². The molecule has 16 aromatic rings. The Morgan fingerprint density at radius 2 is 0.547 bits per heavy atom. The van der Waals surface area contributed by atoms with Gasteiger partial charge in [-0.05, 0) is 287 Å². The summed E-state index contributed by atoms with van der Waals surface area (Å²) in [5.74, 6) is -3.45. The fourth-order valence-corrected chi connectivity index (χ4v) is 22.1. The zero-order chi connectivity index (χ0) is 110. The number of rotatable bonds is 28. The van der Waals surface area contributed by atoms with Gasteiger partial charge in [0.15, 0.2) is 39.3 Å². The predicted molar refractivity (Wildman–Crippen MR) is 569 cm³/mol. The van der Waals surface area contributed by atoms with Crippen LogP contribution in [0.3, 0.4) is 0 Å². The molecule has 0 radical (unpaired) electrons. The Hall–Kier alpha value is -12.1. The minimum Gasteiger partial charge on any atom is -0.384 e. The fraction of sp³-hybridized carbons (Fsp3) is 0.250. The van der Waals surface area contributed by atoms with Gasteiger partial charge in [-0.1, -0.05) is 152 Å². The van der Waals surface area contributed by atoms with Gasteiger partial charge in [-0.3, -0.25) is 0 Å². The summed E-state index contributed by atoms with van der Waals surface area (Å²) >= 11 is 31.6. The number of benzene rings is 12. The van der Waals surface area contributed by atoms with E-state index in [2.05, 4.69) is 19.9 Å². The largest absolute Gasteiger partial charge is 0.384 e. The van der Waals surface area contributed by atoms with Gasteiger partial charge >= 0.3 is 0 Å². The molecule has 0 amide bonds. The van der Waals surface area contributed by atoms with Crippen molar-refractivity contribution in [3.63, 3.8) is 0 Å². The third-order valence-electron chi connectivity index (χ3n) is 24.8. The van der Waals surface area contributed by atoms with Gasteiger partial charge in [0.25, 0.3) is 0 Å². The average Bonchev–Trinajstić information content (AvgIpc) is 1.79. The van der Waals surface area contributed by atoms with Crippen LogP contribution in [0, 0.1) is 52.4 Å². The van der Waals surface area contributed by atoms with Crippen molar-refractivity contribution in [3.05, 3.63) is 399 Å². The highest BCUT2D eigenvalue weighted by atomic mass is 35.5. The summed E-state index contributed by atoms with van der Waals surface area (Å²) in [5.41, 5.74) is 3.74. The lowest BCUT2D eigenvalue weighted by Crippen LogP contribution is -2.16. The molecule has 16 rings (SSSR count). The number of hydrogen-bond acceptors (Lipinski definition) is 16. The molecular formula is C112H106Cl5F9N8O12S4. The molecule has 0 saturated heterocycles. The topological polar surface area (TPSA) is 289 Å². The molecule has 12 aromatic carbocycles. The summed E-state index contributed by atoms with van der Waals surface area (Å²) in [6.45, 7) is 19.4. The summed E-state index contributed by atoms with van der Waals surface area (Å²) in [5, 5.41) is 43.9. The first-order chi connectivity index (χ1) is 69.9. The van der Waals surface area contributed by atoms with Crippen LogP contribution in [0.4, 0.5) is 39.5 Å². The molecule has 0 bridgehead atoms. The molecule has 0 atom stereocenters. The van der Waals surface area contributed by atoms with Crippen LogP contribution >= 0.6 is 58.0 Å². The number of imidazole rings is 4. The van der Waals surface area contributed by atoms with Gasteiger partial charge in [-0.2, -0.15) is 0 Å². The zero-order valence-electron chi connectivity index (χ0n) is 84.2. The molecule has 150 heavy (non-hydrogen) atoms. The van der Waals surface area contributed by atoms with Gasteiger partial charge in [-0.25, -0.2) is 93.1 Å². The molecule has 4 heterocycles. The van der Waals surface area contributed by atoms with Gasteiger partial charge in [-0.15, -0.1) is 0 Å². The number of halogens is 14. The average molecular weight is 2230 g/mol. The van der Waals surface area contributed by atoms with Crippen LogP contribution < -0.4 is 0 Å². The Morgan fingerprint density at radius 3 is 0.847 bits per heavy atom. The highest BCUT2D eigenvalue weighted by Crippen LogP contribution is 2.41. The van der Waals surface area contributed by atoms with E-state index in [0.717, 1.165) is 36.3 Å². The predicted octanol–water partition coefficient (Wildman–Crippen LogP) is 25.8. The van der Waals surface area contributed by atoms with E-state index >= 15 is 8.78 Å². The molecule has 4 aromatic heterocycles. The van der Waals surface area contributed by atoms with E-state index in [1.807, 2.05) is 22.8 Å². The molecule has 0 spiro atoms. The van der Waals surface area contributed by atoms with Crippen molar-refractivity contribution in [2.45, 2.75) is 176 Å². The zero-order valence-corrected chi connectivity index (χ0v) is 91.2. The molecule has 0 aliphatic rings. The molecule has 0 saturated carbocycles. The minimum atomic E-state index is -3.72. The van der Waals surface area contributed by atoms with Crippen LogP contribution in [0.15, 0.2) is 251 Å². The summed E-state index contributed by atoms with van der Waals surface area (Å²) in [6, 6.07) is 50.8. The van der Waals surface area contributed by atoms with Crippen molar-refractivity contribution in [2.24, 2.45) is 0 Å². The summed E-state index contributed by atoms with van der Waals surface area (Å²) < 4.78 is 236. The second kappa shape index (κ2) is 45.5. The van der Waals surface area contributed by atoms with Crippen molar-refractivity contribution in [1.29, 1.82) is 0 Å². The first kappa shape index (κ1) is 115. The number of nitrogens with zero attached hydrogens (tertiary/aromatic N) is 8. The maximum Gasteiger partial charge on any atom is 0.175 e. The molecule has 0 fully saturated rings. The van der Waals surface area contributed by atoms with E-state index < -0.39 is 114 Å². The molecule has 0 unspecified atom stereocenters. The fourth-order valence-electron chi connectivity index (χ4n) is 16.8. The smallest absolute Gasteiger partial charge is 0.175 e. The van der Waals surface area contributed by atoms with Crippen molar-refractivity contribution in [1.82, 2.24) is 38.2 Å². The van der Waals surface area contributed by atoms with Crippen LogP contribution in [-0.2, 0) is 113 Å². The molecule has 0 aliphatic heterocycles. The van der Waals surface area contributed by atoms with E-state index in [9.17, 15) is 84.8 Å². The number of aromatic nitrogens is 8. The van der Waals surface area contributed by atoms with Crippen LogP contribution in [0.1, 0.15) is 174 Å². The van der Waals surface area contributed by atoms with Crippen molar-refractivity contribution >= 4 is 97.4 Å². The lowest BCUT2D eigenvalue weighted by Gasteiger charge is -2.14. The summed E-state index contributed by atoms with van der Waals surface area (Å²) in [7, 11) is -14.7. The van der Waals surface area contributed by atoms with Crippen LogP contribution in [-0.4, -0.2) is 117 Å². The van der Waals surface area contributed by atoms with Crippen molar-refractivity contribution in [3.8, 4) is 67.3 Å². The molecule has 788 valence electrons. The van der Waals surface area contributed by atoms with Gasteiger partial charge in [0.05, 0.1) is 64.4 Å². The number of aliphatic hydroxyl groups is 4. The van der Waals surface area contributed by atoms with Gasteiger partial charge in [0, 0.05) is 124 Å². The first-order valence-corrected chi connectivity index (χ1v) is 56.3. The van der Waals surface area contributed by atoms with Gasteiger partial charge in [0.1, 0.15) is 98.1 Å². The third-order valence-corrected chi connectivity index (χ3v) is 31.0. The van der Waals surface area contributed by atoms with E-state index in [-0.39, 0.29) is 147 Å². The number of hydrogen-bond donors (Lipinski definition) is 4. The Morgan fingerprint density at radius 1 is 0.273 bits per heavy atom. The molecule has 38 heteroatoms. The number of sulfone groups is 4. The van der Waals surface area contributed by atoms with Crippen molar-refractivity contribution in [2.75, 3.05) is 25.0 Å². The van der Waals surface area contributed by atoms with E-state index in [1.165, 1.54) is 131 Å². The maximum absolute atomic E-state index is 15.6. The van der Waals surface area contributed by atoms with Crippen LogP contribution in [0.2, 0.25) is 25.1 Å². The van der Waals surface area contributed by atoms with E-state index in [4.69, 9.17) is 58.0 Å². The standard InChI is InChI=1S/C28H26Cl2F2N2O3S.C28H27Cl2FN2O3S.C28H26ClF3N2O3S.C28H27F3N2O3S/c1-5-20-23(32)11-18(12-25(20)38(4,36)37)16-7-9-24(22(30)10-16)34-15-26(28(2,3)35)33-27(34)13-17-6-8-19(31)14-21(17)29;1-5-22-24(31)12-19(13-25(22)37(4,35)36)17-7-10-21(11-8-17)33-16-26(28(2,3)34)32-27(33)14-18-6-9-20(29)15-23(18)30;1-5-20-22(31)11-18(12-25(20)38(4,36)37)16-7-9-24(23(32)10-16)34-15-26(28(2,3)35)33-27(34)13-17-6-8-19(30)14-21(17)29;1-5-20-22(30)13-19(14-25(20)37(4,35)36)17-10-11-24(23(31)12-17)33-16-26(28(2,3)34)32-27(33)15-18-8-6-7-9-21(18)29/h6-12,14-15,35H,5,13H2,1-4H3;6-13,15-16,34H,5,14H2,1-4H3;6-12,14-15,35H,5,13H2,1-4H3;6-14,16,34H,5,15H2,1-4H3. The van der Waals surface area contributed by atoms with Crippen LogP contribution in [0.5, 0.6) is 0 Å². The van der Waals surface area contributed by atoms with Gasteiger partial charge < -0.3 is 38.7 Å². The highest BCUT2D eigenvalue weighted by Gasteiger charge is 2.33. The Bertz CT molecular complexity index is 8140. The SMILES string of the molecule is CCc1c(F)cc(-c2ccc(-n3cc(C(C)(C)O)nc3Cc3ccc(Cl)cc3Cl)cc2)cc1S(C)(=O)=O.CCc1c(F)cc(-c2ccc(-n3cc(C(C)(C)O)nc3Cc3ccc(F)cc3Cl)c(Cl)c2)cc1S(C)(=O)=O.CCc1c(F)cc(-c2ccc(-n3cc(C(C)(C)O)nc3Cc3ccc(F)cc3Cl)c(F)c2)cc1S(C)(=O)=O.CCc1c(F)cc(-c2ccc(-n3cc(C(C)(C)O)nc3Cc3ccccc3F)c(F)c2)cc1S(C)(=O)=O. The van der Waals surface area contributed by atoms with E-state index in [0.29, 0.717) is 95.8 Å². The third kappa shape index (κ3) is 27.0. The Kier molecular flexibility index (Phi) is 34.9. The molecule has 4 N–H and O–H groups in total. The first-order valence-electron chi connectivity index (χ1n) is 46.9. The second-order valence-electron chi connectivity index (χ2n) is 38.2. The Labute approximate surface area is 890 Å².